The number of nitrogens with zero attached hydrogens (tertiary/aromatic N) is 2. The van der Waals surface area contributed by atoms with Gasteiger partial charge in [-0.05, 0) is 31.9 Å². The summed E-state index contributed by atoms with van der Waals surface area (Å²) in [5.74, 6) is 1.67. The van der Waals surface area contributed by atoms with Gasteiger partial charge in [0.15, 0.2) is 0 Å². The largest absolute Gasteiger partial charge is 0.240 e. The zero-order valence-electron chi connectivity index (χ0n) is 8.20. The molecule has 14 heavy (non-hydrogen) atoms. The first-order valence-corrected chi connectivity index (χ1v) is 5.06. The highest BCUT2D eigenvalue weighted by Crippen LogP contribution is 2.38. The minimum Gasteiger partial charge on any atom is -0.240 e. The fourth-order valence-corrected chi connectivity index (χ4v) is 1.71. The summed E-state index contributed by atoms with van der Waals surface area (Å²) in [6, 6.07) is 6.32. The van der Waals surface area contributed by atoms with Crippen LogP contribution in [0, 0.1) is 6.92 Å². The van der Waals surface area contributed by atoms with Gasteiger partial charge in [0.1, 0.15) is 5.82 Å². The average Bonchev–Trinajstić information content (AvgIpc) is 3.00. The van der Waals surface area contributed by atoms with Crippen LogP contribution in [0.25, 0.3) is 10.9 Å². The van der Waals surface area contributed by atoms with Crippen LogP contribution in [-0.4, -0.2) is 9.97 Å². The second-order valence-electron chi connectivity index (χ2n) is 4.06. The summed E-state index contributed by atoms with van der Waals surface area (Å²) in [7, 11) is 0. The molecule has 0 unspecified atom stereocenters. The first-order chi connectivity index (χ1) is 6.83. The third-order valence-corrected chi connectivity index (χ3v) is 2.70. The van der Waals surface area contributed by atoms with Crippen molar-refractivity contribution in [2.24, 2.45) is 0 Å². The number of hydrogen-bond acceptors (Lipinski definition) is 2. The molecule has 1 aliphatic carbocycles. The van der Waals surface area contributed by atoms with E-state index in [2.05, 4.69) is 35.1 Å². The second kappa shape index (κ2) is 2.77. The monoisotopic (exact) mass is 184 g/mol. The van der Waals surface area contributed by atoms with Crippen LogP contribution in [0.3, 0.4) is 0 Å². The van der Waals surface area contributed by atoms with Crippen molar-refractivity contribution in [2.75, 3.05) is 0 Å². The van der Waals surface area contributed by atoms with Crippen molar-refractivity contribution < 1.29 is 0 Å². The van der Waals surface area contributed by atoms with Crippen molar-refractivity contribution in [3.8, 4) is 0 Å². The van der Waals surface area contributed by atoms with Gasteiger partial charge in [-0.1, -0.05) is 11.6 Å². The van der Waals surface area contributed by atoms with Gasteiger partial charge >= 0.3 is 0 Å². The van der Waals surface area contributed by atoms with E-state index in [1.807, 2.05) is 6.20 Å². The zero-order chi connectivity index (χ0) is 9.54. The van der Waals surface area contributed by atoms with Crippen LogP contribution in [0.1, 0.15) is 30.1 Å². The van der Waals surface area contributed by atoms with Crippen molar-refractivity contribution >= 4 is 10.9 Å². The molecule has 0 amide bonds. The summed E-state index contributed by atoms with van der Waals surface area (Å²) in [5.41, 5.74) is 2.34. The quantitative estimate of drug-likeness (QED) is 0.681. The minimum atomic E-state index is 0.640. The molecule has 0 bridgehead atoms. The SMILES string of the molecule is Cc1ccc2nc(C3CC3)ncc2c1. The van der Waals surface area contributed by atoms with Crippen LogP contribution >= 0.6 is 0 Å². The molecule has 0 atom stereocenters. The number of fused-ring (bicyclic) bond motifs is 1. The maximum Gasteiger partial charge on any atom is 0.132 e. The standard InChI is InChI=1S/C12H12N2/c1-8-2-5-11-10(6-8)7-13-12(14-11)9-3-4-9/h2,5-7,9H,3-4H2,1H3. The molecule has 0 spiro atoms. The number of rotatable bonds is 1. The third kappa shape index (κ3) is 1.27. The predicted molar refractivity (Wildman–Crippen MR) is 56.3 cm³/mol. The highest BCUT2D eigenvalue weighted by molar-refractivity contribution is 5.78. The van der Waals surface area contributed by atoms with Gasteiger partial charge in [0, 0.05) is 17.5 Å². The Hall–Kier alpha value is -1.44. The Morgan fingerprint density at radius 1 is 1.29 bits per heavy atom. The average molecular weight is 184 g/mol. The summed E-state index contributed by atoms with van der Waals surface area (Å²) in [6.07, 6.45) is 4.47. The highest BCUT2D eigenvalue weighted by Gasteiger charge is 2.26. The molecule has 1 aromatic heterocycles. The van der Waals surface area contributed by atoms with Crippen LogP contribution in [0.4, 0.5) is 0 Å². The van der Waals surface area contributed by atoms with E-state index in [1.54, 1.807) is 0 Å². The van der Waals surface area contributed by atoms with Gasteiger partial charge in [-0.25, -0.2) is 9.97 Å². The summed E-state index contributed by atoms with van der Waals surface area (Å²) < 4.78 is 0. The molecule has 1 fully saturated rings. The molecule has 0 aliphatic heterocycles. The minimum absolute atomic E-state index is 0.640. The number of aromatic nitrogens is 2. The van der Waals surface area contributed by atoms with Crippen LogP contribution in [0.2, 0.25) is 0 Å². The van der Waals surface area contributed by atoms with Gasteiger partial charge in [-0.15, -0.1) is 0 Å². The maximum absolute atomic E-state index is 4.57. The van der Waals surface area contributed by atoms with Gasteiger partial charge in [-0.2, -0.15) is 0 Å². The summed E-state index contributed by atoms with van der Waals surface area (Å²) in [5, 5.41) is 1.15. The molecule has 2 aromatic rings. The zero-order valence-corrected chi connectivity index (χ0v) is 8.20. The number of hydrogen-bond donors (Lipinski definition) is 0. The lowest BCUT2D eigenvalue weighted by atomic mass is 10.2. The van der Waals surface area contributed by atoms with Crippen molar-refractivity contribution in [3.63, 3.8) is 0 Å². The van der Waals surface area contributed by atoms with Crippen molar-refractivity contribution in [2.45, 2.75) is 25.7 Å². The van der Waals surface area contributed by atoms with Crippen LogP contribution in [-0.2, 0) is 0 Å². The van der Waals surface area contributed by atoms with Gasteiger partial charge in [-0.3, -0.25) is 0 Å². The summed E-state index contributed by atoms with van der Waals surface area (Å²) in [6.45, 7) is 2.09. The molecule has 1 aliphatic rings. The van der Waals surface area contributed by atoms with E-state index in [9.17, 15) is 0 Å². The lowest BCUT2D eigenvalue weighted by molar-refractivity contribution is 0.947. The molecule has 0 N–H and O–H groups in total. The van der Waals surface area contributed by atoms with E-state index < -0.39 is 0 Å². The van der Waals surface area contributed by atoms with Crippen molar-refractivity contribution in [1.29, 1.82) is 0 Å². The molecule has 0 radical (unpaired) electrons. The molecule has 3 rings (SSSR count). The van der Waals surface area contributed by atoms with E-state index >= 15 is 0 Å². The summed E-state index contributed by atoms with van der Waals surface area (Å²) >= 11 is 0. The van der Waals surface area contributed by atoms with E-state index in [4.69, 9.17) is 0 Å². The Morgan fingerprint density at radius 3 is 2.93 bits per heavy atom. The van der Waals surface area contributed by atoms with Crippen LogP contribution in [0.15, 0.2) is 24.4 Å². The smallest absolute Gasteiger partial charge is 0.132 e. The Bertz CT molecular complexity index is 487. The fraction of sp³-hybridized carbons (Fsp3) is 0.333. The molecule has 2 heteroatoms. The van der Waals surface area contributed by atoms with Crippen LogP contribution < -0.4 is 0 Å². The fourth-order valence-electron chi connectivity index (χ4n) is 1.71. The Morgan fingerprint density at radius 2 is 2.14 bits per heavy atom. The maximum atomic E-state index is 4.57. The third-order valence-electron chi connectivity index (χ3n) is 2.70. The Labute approximate surface area is 83.0 Å². The van der Waals surface area contributed by atoms with Gasteiger partial charge < -0.3 is 0 Å². The predicted octanol–water partition coefficient (Wildman–Crippen LogP) is 2.82. The van der Waals surface area contributed by atoms with E-state index in [0.29, 0.717) is 5.92 Å². The molecule has 70 valence electrons. The normalized spacial score (nSPS) is 16.1. The number of benzene rings is 1. The van der Waals surface area contributed by atoms with E-state index in [1.165, 1.54) is 18.4 Å². The first kappa shape index (κ1) is 7.92. The molecule has 2 nitrogen and oxygen atoms in total. The molecular weight excluding hydrogens is 172 g/mol. The lowest BCUT2D eigenvalue weighted by Crippen LogP contribution is -1.92. The molecule has 0 saturated heterocycles. The summed E-state index contributed by atoms with van der Waals surface area (Å²) in [4.78, 5) is 8.97. The molecule has 1 saturated carbocycles. The number of aryl methyl sites for hydroxylation is 1. The van der Waals surface area contributed by atoms with Crippen molar-refractivity contribution in [1.82, 2.24) is 9.97 Å². The first-order valence-electron chi connectivity index (χ1n) is 5.06. The van der Waals surface area contributed by atoms with Crippen molar-refractivity contribution in [3.05, 3.63) is 35.8 Å². The van der Waals surface area contributed by atoms with Crippen LogP contribution in [0.5, 0.6) is 0 Å². The Balaban J connectivity index is 2.18. The van der Waals surface area contributed by atoms with Gasteiger partial charge in [0.25, 0.3) is 0 Å². The van der Waals surface area contributed by atoms with E-state index in [-0.39, 0.29) is 0 Å². The molecule has 1 aromatic carbocycles. The molecule has 1 heterocycles. The molecular formula is C12H12N2. The van der Waals surface area contributed by atoms with E-state index in [0.717, 1.165) is 16.7 Å². The topological polar surface area (TPSA) is 25.8 Å². The van der Waals surface area contributed by atoms with Gasteiger partial charge in [0.2, 0.25) is 0 Å². The second-order valence-corrected chi connectivity index (χ2v) is 4.06. The highest BCUT2D eigenvalue weighted by atomic mass is 14.9. The van der Waals surface area contributed by atoms with Gasteiger partial charge in [0.05, 0.1) is 5.52 Å². The lowest BCUT2D eigenvalue weighted by Gasteiger charge is -2.00. The Kier molecular flexibility index (Phi) is 1.57.